The molecule has 4 heteroatoms. The first-order chi connectivity index (χ1) is 11.7. The van der Waals surface area contributed by atoms with E-state index in [-0.39, 0.29) is 12.1 Å². The number of fused-ring (bicyclic) bond motifs is 2. The second-order valence-electron chi connectivity index (χ2n) is 6.25. The van der Waals surface area contributed by atoms with Crippen LogP contribution in [-0.4, -0.2) is 30.6 Å². The molecular formula is C20H20N2O2. The van der Waals surface area contributed by atoms with Gasteiger partial charge in [-0.2, -0.15) is 0 Å². The van der Waals surface area contributed by atoms with E-state index in [1.807, 2.05) is 41.3 Å². The molecule has 0 saturated carbocycles. The highest BCUT2D eigenvalue weighted by Crippen LogP contribution is 2.41. The first-order valence-electron chi connectivity index (χ1n) is 8.19. The molecule has 122 valence electrons. The molecule has 2 aliphatic heterocycles. The van der Waals surface area contributed by atoms with E-state index in [4.69, 9.17) is 4.74 Å². The van der Waals surface area contributed by atoms with Crippen LogP contribution in [0.25, 0.3) is 6.08 Å². The lowest BCUT2D eigenvalue weighted by Crippen LogP contribution is -2.42. The third kappa shape index (κ3) is 2.26. The van der Waals surface area contributed by atoms with Crippen LogP contribution >= 0.6 is 0 Å². The number of anilines is 1. The molecule has 2 heterocycles. The Morgan fingerprint density at radius 2 is 2.00 bits per heavy atom. The summed E-state index contributed by atoms with van der Waals surface area (Å²) in [7, 11) is 1.67. The molecule has 1 fully saturated rings. The van der Waals surface area contributed by atoms with Gasteiger partial charge in [-0.3, -0.25) is 4.79 Å². The summed E-state index contributed by atoms with van der Waals surface area (Å²) in [4.78, 5) is 14.8. The Morgan fingerprint density at radius 1 is 1.21 bits per heavy atom. The molecule has 0 aliphatic carbocycles. The lowest BCUT2D eigenvalue weighted by molar-refractivity contribution is 0.0760. The fraction of sp³-hybridized carbons (Fsp3) is 0.250. The van der Waals surface area contributed by atoms with E-state index >= 15 is 0 Å². The SMILES string of the molecule is COc1ccc(C)c2c1NC1C(=C2)CCN1C(=O)c1ccccc1. The fourth-order valence-corrected chi connectivity index (χ4v) is 3.53. The maximum atomic E-state index is 12.9. The summed E-state index contributed by atoms with van der Waals surface area (Å²) in [6.07, 6.45) is 3.01. The molecule has 1 unspecified atom stereocenters. The molecule has 1 amide bonds. The van der Waals surface area contributed by atoms with Crippen LogP contribution in [0.5, 0.6) is 5.75 Å². The number of hydrogen-bond acceptors (Lipinski definition) is 3. The number of rotatable bonds is 2. The molecule has 0 spiro atoms. The number of carbonyl (C=O) groups excluding carboxylic acids is 1. The Morgan fingerprint density at radius 3 is 2.75 bits per heavy atom. The predicted molar refractivity (Wildman–Crippen MR) is 95.2 cm³/mol. The number of benzene rings is 2. The van der Waals surface area contributed by atoms with Crippen LogP contribution in [0.3, 0.4) is 0 Å². The zero-order valence-electron chi connectivity index (χ0n) is 13.9. The Hall–Kier alpha value is -2.75. The van der Waals surface area contributed by atoms with Crippen molar-refractivity contribution in [3.8, 4) is 5.75 Å². The molecule has 2 aliphatic rings. The van der Waals surface area contributed by atoms with Gasteiger partial charge in [-0.1, -0.05) is 24.3 Å². The highest BCUT2D eigenvalue weighted by atomic mass is 16.5. The van der Waals surface area contributed by atoms with E-state index < -0.39 is 0 Å². The van der Waals surface area contributed by atoms with Crippen molar-refractivity contribution in [2.75, 3.05) is 19.0 Å². The monoisotopic (exact) mass is 320 g/mol. The maximum Gasteiger partial charge on any atom is 0.255 e. The van der Waals surface area contributed by atoms with Gasteiger partial charge in [-0.15, -0.1) is 0 Å². The minimum Gasteiger partial charge on any atom is -0.495 e. The van der Waals surface area contributed by atoms with Crippen LogP contribution in [-0.2, 0) is 0 Å². The van der Waals surface area contributed by atoms with Crippen molar-refractivity contribution in [2.45, 2.75) is 19.5 Å². The highest BCUT2D eigenvalue weighted by molar-refractivity contribution is 5.96. The van der Waals surface area contributed by atoms with Crippen LogP contribution in [0.4, 0.5) is 5.69 Å². The van der Waals surface area contributed by atoms with Crippen molar-refractivity contribution in [1.82, 2.24) is 4.90 Å². The summed E-state index contributed by atoms with van der Waals surface area (Å²) in [6, 6.07) is 13.5. The Kier molecular flexibility index (Phi) is 3.53. The molecule has 0 bridgehead atoms. The molecule has 2 aromatic carbocycles. The second-order valence-corrected chi connectivity index (χ2v) is 6.25. The molecule has 4 rings (SSSR count). The molecule has 2 aromatic rings. The summed E-state index contributed by atoms with van der Waals surface area (Å²) < 4.78 is 5.50. The molecular weight excluding hydrogens is 300 g/mol. The number of ether oxygens (including phenoxy) is 1. The summed E-state index contributed by atoms with van der Waals surface area (Å²) in [5, 5.41) is 3.53. The fourth-order valence-electron chi connectivity index (χ4n) is 3.53. The van der Waals surface area contributed by atoms with E-state index in [0.717, 1.165) is 35.5 Å². The standard InChI is InChI=1S/C20H20N2O2/c1-13-8-9-17(24-2)18-16(13)12-15-10-11-22(19(15)21-18)20(23)14-6-4-3-5-7-14/h3-9,12,19,21H,10-11H2,1-2H3. The zero-order valence-corrected chi connectivity index (χ0v) is 13.9. The van der Waals surface area contributed by atoms with Crippen LogP contribution in [0, 0.1) is 6.92 Å². The van der Waals surface area contributed by atoms with Gasteiger partial charge in [0.25, 0.3) is 5.91 Å². The molecule has 1 saturated heterocycles. The minimum absolute atomic E-state index is 0.0616. The summed E-state index contributed by atoms with van der Waals surface area (Å²) in [5.41, 5.74) is 5.32. The molecule has 1 N–H and O–H groups in total. The Labute approximate surface area is 141 Å². The van der Waals surface area contributed by atoms with Gasteiger partial charge in [0, 0.05) is 17.7 Å². The van der Waals surface area contributed by atoms with E-state index in [0.29, 0.717) is 0 Å². The molecule has 0 aromatic heterocycles. The van der Waals surface area contributed by atoms with E-state index in [9.17, 15) is 4.79 Å². The average Bonchev–Trinajstić information content (AvgIpc) is 3.04. The van der Waals surface area contributed by atoms with Gasteiger partial charge < -0.3 is 15.0 Å². The van der Waals surface area contributed by atoms with Crippen LogP contribution in [0.15, 0.2) is 48.0 Å². The quantitative estimate of drug-likeness (QED) is 0.917. The van der Waals surface area contributed by atoms with Crippen LogP contribution in [0.1, 0.15) is 27.9 Å². The number of carbonyl (C=O) groups is 1. The molecule has 0 radical (unpaired) electrons. The number of nitrogens with one attached hydrogen (secondary N) is 1. The van der Waals surface area contributed by atoms with E-state index in [2.05, 4.69) is 24.4 Å². The largest absolute Gasteiger partial charge is 0.495 e. The van der Waals surface area contributed by atoms with E-state index in [1.54, 1.807) is 7.11 Å². The first kappa shape index (κ1) is 14.8. The van der Waals surface area contributed by atoms with Gasteiger partial charge in [0.1, 0.15) is 11.9 Å². The number of nitrogens with zero attached hydrogens (tertiary/aromatic N) is 1. The Bertz CT molecular complexity index is 827. The zero-order chi connectivity index (χ0) is 16.7. The van der Waals surface area contributed by atoms with Crippen molar-refractivity contribution < 1.29 is 9.53 Å². The van der Waals surface area contributed by atoms with Crippen LogP contribution in [0.2, 0.25) is 0 Å². The third-order valence-corrected chi connectivity index (χ3v) is 4.84. The van der Waals surface area contributed by atoms with Gasteiger partial charge in [0.2, 0.25) is 0 Å². The smallest absolute Gasteiger partial charge is 0.255 e. The highest BCUT2D eigenvalue weighted by Gasteiger charge is 2.36. The van der Waals surface area contributed by atoms with Gasteiger partial charge in [0.15, 0.2) is 0 Å². The van der Waals surface area contributed by atoms with Crippen molar-refractivity contribution in [3.63, 3.8) is 0 Å². The van der Waals surface area contributed by atoms with Crippen LogP contribution < -0.4 is 10.1 Å². The Balaban J connectivity index is 1.70. The van der Waals surface area contributed by atoms with Gasteiger partial charge in [-0.05, 0) is 48.8 Å². The number of methoxy groups -OCH3 is 1. The lowest BCUT2D eigenvalue weighted by Gasteiger charge is -2.32. The molecule has 24 heavy (non-hydrogen) atoms. The predicted octanol–water partition coefficient (Wildman–Crippen LogP) is 3.68. The normalized spacial score (nSPS) is 18.3. The lowest BCUT2D eigenvalue weighted by atomic mass is 9.97. The van der Waals surface area contributed by atoms with Crippen molar-refractivity contribution in [1.29, 1.82) is 0 Å². The van der Waals surface area contributed by atoms with E-state index in [1.165, 1.54) is 11.1 Å². The average molecular weight is 320 g/mol. The maximum absolute atomic E-state index is 12.9. The first-order valence-corrected chi connectivity index (χ1v) is 8.19. The number of aryl methyl sites for hydroxylation is 1. The van der Waals surface area contributed by atoms with Crippen molar-refractivity contribution in [3.05, 3.63) is 64.7 Å². The van der Waals surface area contributed by atoms with Gasteiger partial charge in [0.05, 0.1) is 12.8 Å². The minimum atomic E-state index is -0.0964. The molecule has 4 nitrogen and oxygen atoms in total. The van der Waals surface area contributed by atoms with Gasteiger partial charge >= 0.3 is 0 Å². The summed E-state index contributed by atoms with van der Waals surface area (Å²) >= 11 is 0. The molecule has 1 atom stereocenters. The summed E-state index contributed by atoms with van der Waals surface area (Å²) in [5.74, 6) is 0.872. The van der Waals surface area contributed by atoms with Crippen molar-refractivity contribution >= 4 is 17.7 Å². The number of amides is 1. The van der Waals surface area contributed by atoms with Crippen molar-refractivity contribution in [2.24, 2.45) is 0 Å². The second kappa shape index (κ2) is 5.71. The topological polar surface area (TPSA) is 41.6 Å². The number of likely N-dealkylation sites (tertiary alicyclic amines) is 1. The van der Waals surface area contributed by atoms with Gasteiger partial charge in [-0.25, -0.2) is 0 Å². The summed E-state index contributed by atoms with van der Waals surface area (Å²) in [6.45, 7) is 2.83. The third-order valence-electron chi connectivity index (χ3n) is 4.84. The number of hydrogen-bond donors (Lipinski definition) is 1.